The monoisotopic (exact) mass is 240 g/mol. The molecule has 1 N–H and O–H groups in total. The van der Waals surface area contributed by atoms with Crippen molar-refractivity contribution in [2.75, 3.05) is 18.5 Å². The van der Waals surface area contributed by atoms with Gasteiger partial charge in [0.2, 0.25) is 0 Å². The lowest BCUT2D eigenvalue weighted by Gasteiger charge is -2.21. The van der Waals surface area contributed by atoms with Crippen molar-refractivity contribution in [1.82, 2.24) is 5.32 Å². The smallest absolute Gasteiger partial charge is 0.173 e. The molecule has 1 aromatic carbocycles. The number of rotatable bonds is 3. The van der Waals surface area contributed by atoms with Gasteiger partial charge < -0.3 is 10.2 Å². The molecule has 0 bridgehead atoms. The summed E-state index contributed by atoms with van der Waals surface area (Å²) >= 11 is 5.23. The van der Waals surface area contributed by atoms with Crippen LogP contribution in [0.25, 0.3) is 0 Å². The van der Waals surface area contributed by atoms with Crippen molar-refractivity contribution >= 4 is 23.0 Å². The molecular formula is C12H17FN2S. The number of hydrogen-bond acceptors (Lipinski definition) is 1. The van der Waals surface area contributed by atoms with E-state index in [9.17, 15) is 4.39 Å². The molecule has 0 unspecified atom stereocenters. The first-order valence-electron chi connectivity index (χ1n) is 5.28. The fraction of sp³-hybridized carbons (Fsp3) is 0.417. The molecule has 0 spiro atoms. The zero-order chi connectivity index (χ0) is 12.1. The highest BCUT2D eigenvalue weighted by atomic mass is 32.1. The normalized spacial score (nSPS) is 10.3. The van der Waals surface area contributed by atoms with Gasteiger partial charge in [-0.15, -0.1) is 0 Å². The molecule has 2 nitrogen and oxygen atoms in total. The van der Waals surface area contributed by atoms with Gasteiger partial charge in [-0.3, -0.25) is 0 Å². The summed E-state index contributed by atoms with van der Waals surface area (Å²) in [5.74, 6) is 0.303. The first kappa shape index (κ1) is 12.9. The molecule has 1 rings (SSSR count). The van der Waals surface area contributed by atoms with Gasteiger partial charge in [0.25, 0.3) is 0 Å². The van der Waals surface area contributed by atoms with Crippen molar-refractivity contribution in [3.8, 4) is 0 Å². The number of nitrogens with one attached hydrogen (secondary N) is 1. The van der Waals surface area contributed by atoms with Gasteiger partial charge >= 0.3 is 0 Å². The predicted molar refractivity (Wildman–Crippen MR) is 70.2 cm³/mol. The van der Waals surface area contributed by atoms with Crippen LogP contribution in [-0.2, 0) is 0 Å². The third-order valence-electron chi connectivity index (χ3n) is 2.18. The molecule has 4 heteroatoms. The summed E-state index contributed by atoms with van der Waals surface area (Å²) in [6, 6.07) is 6.27. The Kier molecular flexibility index (Phi) is 4.68. The van der Waals surface area contributed by atoms with E-state index >= 15 is 0 Å². The van der Waals surface area contributed by atoms with E-state index in [1.54, 1.807) is 12.1 Å². The van der Waals surface area contributed by atoms with Crippen molar-refractivity contribution < 1.29 is 4.39 Å². The minimum atomic E-state index is -0.238. The first-order valence-corrected chi connectivity index (χ1v) is 5.68. The SMILES string of the molecule is CC(C)CNC(=S)N(C)c1ccc(F)cc1. The number of thiocarbonyl (C=S) groups is 1. The maximum atomic E-state index is 12.7. The molecule has 0 fully saturated rings. The molecule has 0 amide bonds. The second-order valence-corrected chi connectivity index (χ2v) is 4.50. The molecule has 0 aliphatic rings. The maximum absolute atomic E-state index is 12.7. The Balaban J connectivity index is 2.59. The van der Waals surface area contributed by atoms with Gasteiger partial charge in [-0.1, -0.05) is 13.8 Å². The van der Waals surface area contributed by atoms with Gasteiger partial charge in [0.1, 0.15) is 5.82 Å². The minimum absolute atomic E-state index is 0.238. The van der Waals surface area contributed by atoms with Crippen LogP contribution in [0.1, 0.15) is 13.8 Å². The Hall–Kier alpha value is -1.16. The van der Waals surface area contributed by atoms with Crippen molar-refractivity contribution in [2.24, 2.45) is 5.92 Å². The van der Waals surface area contributed by atoms with Gasteiger partial charge in [-0.25, -0.2) is 4.39 Å². The highest BCUT2D eigenvalue weighted by molar-refractivity contribution is 7.80. The number of anilines is 1. The average Bonchev–Trinajstić information content (AvgIpc) is 2.26. The zero-order valence-corrected chi connectivity index (χ0v) is 10.6. The van der Waals surface area contributed by atoms with Crippen molar-refractivity contribution in [1.29, 1.82) is 0 Å². The summed E-state index contributed by atoms with van der Waals surface area (Å²) in [5, 5.41) is 3.81. The number of hydrogen-bond donors (Lipinski definition) is 1. The molecule has 0 saturated heterocycles. The lowest BCUT2D eigenvalue weighted by Crippen LogP contribution is -2.38. The Bertz CT molecular complexity index is 349. The van der Waals surface area contributed by atoms with E-state index in [0.29, 0.717) is 11.0 Å². The Morgan fingerprint density at radius 2 is 1.94 bits per heavy atom. The predicted octanol–water partition coefficient (Wildman–Crippen LogP) is 2.79. The lowest BCUT2D eigenvalue weighted by atomic mass is 10.2. The first-order chi connectivity index (χ1) is 7.50. The number of halogens is 1. The zero-order valence-electron chi connectivity index (χ0n) is 9.83. The Morgan fingerprint density at radius 1 is 1.38 bits per heavy atom. The van der Waals surface area contributed by atoms with Crippen molar-refractivity contribution in [3.05, 3.63) is 30.1 Å². The van der Waals surface area contributed by atoms with E-state index in [1.165, 1.54) is 12.1 Å². The lowest BCUT2D eigenvalue weighted by molar-refractivity contribution is 0.624. The topological polar surface area (TPSA) is 15.3 Å². The van der Waals surface area contributed by atoms with E-state index in [-0.39, 0.29) is 5.82 Å². The fourth-order valence-corrected chi connectivity index (χ4v) is 1.38. The van der Waals surface area contributed by atoms with Crippen LogP contribution >= 0.6 is 12.2 Å². The van der Waals surface area contributed by atoms with Crippen LogP contribution in [0.15, 0.2) is 24.3 Å². The molecule has 0 aliphatic carbocycles. The maximum Gasteiger partial charge on any atom is 0.173 e. The van der Waals surface area contributed by atoms with Crippen molar-refractivity contribution in [2.45, 2.75) is 13.8 Å². The molecule has 16 heavy (non-hydrogen) atoms. The van der Waals surface area contributed by atoms with Crippen LogP contribution < -0.4 is 10.2 Å². The Morgan fingerprint density at radius 3 is 2.44 bits per heavy atom. The van der Waals surface area contributed by atoms with Gasteiger partial charge in [-0.05, 0) is 42.4 Å². The van der Waals surface area contributed by atoms with Gasteiger partial charge in [0.05, 0.1) is 0 Å². The van der Waals surface area contributed by atoms with Gasteiger partial charge in [0.15, 0.2) is 5.11 Å². The highest BCUT2D eigenvalue weighted by Gasteiger charge is 2.06. The molecule has 0 aromatic heterocycles. The van der Waals surface area contributed by atoms with E-state index in [1.807, 2.05) is 11.9 Å². The summed E-state index contributed by atoms with van der Waals surface area (Å²) in [6.45, 7) is 5.07. The fourth-order valence-electron chi connectivity index (χ4n) is 1.19. The molecule has 88 valence electrons. The largest absolute Gasteiger partial charge is 0.362 e. The summed E-state index contributed by atoms with van der Waals surface area (Å²) in [7, 11) is 1.86. The molecule has 0 atom stereocenters. The van der Waals surface area contributed by atoms with Crippen LogP contribution in [0.4, 0.5) is 10.1 Å². The molecule has 0 heterocycles. The number of benzene rings is 1. The third kappa shape index (κ3) is 3.77. The molecule has 1 aromatic rings. The summed E-state index contributed by atoms with van der Waals surface area (Å²) in [5.41, 5.74) is 0.877. The summed E-state index contributed by atoms with van der Waals surface area (Å²) in [6.07, 6.45) is 0. The number of nitrogens with zero attached hydrogens (tertiary/aromatic N) is 1. The van der Waals surface area contributed by atoms with Crippen LogP contribution in [0.2, 0.25) is 0 Å². The van der Waals surface area contributed by atoms with E-state index in [4.69, 9.17) is 12.2 Å². The van der Waals surface area contributed by atoms with Crippen LogP contribution in [0, 0.1) is 11.7 Å². The van der Waals surface area contributed by atoms with E-state index in [0.717, 1.165) is 12.2 Å². The third-order valence-corrected chi connectivity index (χ3v) is 2.60. The van der Waals surface area contributed by atoms with Crippen LogP contribution in [0.5, 0.6) is 0 Å². The second kappa shape index (κ2) is 5.80. The Labute approximate surface area is 101 Å². The standard InChI is InChI=1S/C12H17FN2S/c1-9(2)8-14-12(16)15(3)11-6-4-10(13)5-7-11/h4-7,9H,8H2,1-3H3,(H,14,16). The summed E-state index contributed by atoms with van der Waals surface area (Å²) in [4.78, 5) is 1.83. The van der Waals surface area contributed by atoms with E-state index < -0.39 is 0 Å². The highest BCUT2D eigenvalue weighted by Crippen LogP contribution is 2.13. The average molecular weight is 240 g/mol. The molecule has 0 radical (unpaired) electrons. The van der Waals surface area contributed by atoms with E-state index in [2.05, 4.69) is 19.2 Å². The van der Waals surface area contributed by atoms with Crippen LogP contribution in [0.3, 0.4) is 0 Å². The van der Waals surface area contributed by atoms with Gasteiger partial charge in [-0.2, -0.15) is 0 Å². The quantitative estimate of drug-likeness (QED) is 0.818. The second-order valence-electron chi connectivity index (χ2n) is 4.12. The molecular weight excluding hydrogens is 223 g/mol. The van der Waals surface area contributed by atoms with Crippen molar-refractivity contribution in [3.63, 3.8) is 0 Å². The molecule has 0 saturated carbocycles. The summed E-state index contributed by atoms with van der Waals surface area (Å²) < 4.78 is 12.7. The minimum Gasteiger partial charge on any atom is -0.362 e. The van der Waals surface area contributed by atoms with Crippen LogP contribution in [-0.4, -0.2) is 18.7 Å². The molecule has 0 aliphatic heterocycles. The van der Waals surface area contributed by atoms with Gasteiger partial charge in [0, 0.05) is 19.3 Å².